The highest BCUT2D eigenvalue weighted by Crippen LogP contribution is 2.44. The number of allylic oxidation sites excluding steroid dienone is 1. The van der Waals surface area contributed by atoms with Crippen molar-refractivity contribution in [2.45, 2.75) is 36.4 Å². The molecule has 1 heterocycles. The van der Waals surface area contributed by atoms with E-state index in [1.807, 2.05) is 0 Å². The van der Waals surface area contributed by atoms with Crippen LogP contribution in [0.2, 0.25) is 0 Å². The molecule has 1 aliphatic carbocycles. The third-order valence-corrected chi connectivity index (χ3v) is 6.19. The SMILES string of the molecule is O=C(O)c1cc(-c2cc3c(cc2OCC(F)(F)F)N(C2CC=CCC2)CNS3)ccc1F. The quantitative estimate of drug-likeness (QED) is 0.338. The van der Waals surface area contributed by atoms with Crippen molar-refractivity contribution in [3.05, 3.63) is 53.9 Å². The van der Waals surface area contributed by atoms with Crippen LogP contribution in [0.1, 0.15) is 29.6 Å². The number of nitrogens with one attached hydrogen (secondary N) is 1. The molecule has 0 spiro atoms. The Labute approximate surface area is 186 Å². The number of benzene rings is 2. The normalized spacial score (nSPS) is 18.4. The topological polar surface area (TPSA) is 61.8 Å². The summed E-state index contributed by atoms with van der Waals surface area (Å²) in [6.45, 7) is -0.975. The Morgan fingerprint density at radius 1 is 1.25 bits per heavy atom. The second kappa shape index (κ2) is 9.03. The fraction of sp³-hybridized carbons (Fsp3) is 0.318. The number of halogens is 4. The Bertz CT molecular complexity index is 1060. The van der Waals surface area contributed by atoms with Crippen molar-refractivity contribution in [1.82, 2.24) is 4.72 Å². The predicted molar refractivity (Wildman–Crippen MR) is 113 cm³/mol. The molecule has 2 aliphatic rings. The number of hydrogen-bond acceptors (Lipinski definition) is 5. The van der Waals surface area contributed by atoms with E-state index in [-0.39, 0.29) is 22.9 Å². The van der Waals surface area contributed by atoms with Crippen LogP contribution >= 0.6 is 11.9 Å². The molecule has 1 unspecified atom stereocenters. The maximum Gasteiger partial charge on any atom is 0.422 e. The van der Waals surface area contributed by atoms with Gasteiger partial charge in [-0.25, -0.2) is 13.9 Å². The second-order valence-corrected chi connectivity index (χ2v) is 8.46. The lowest BCUT2D eigenvalue weighted by Gasteiger charge is -2.39. The number of ether oxygens (including phenoxy) is 1. The van der Waals surface area contributed by atoms with Crippen LogP contribution in [0.3, 0.4) is 0 Å². The maximum atomic E-state index is 13.9. The molecular weight excluding hydrogens is 448 g/mol. The van der Waals surface area contributed by atoms with Gasteiger partial charge in [-0.1, -0.05) is 18.2 Å². The van der Waals surface area contributed by atoms with Crippen molar-refractivity contribution in [2.75, 3.05) is 18.2 Å². The Kier molecular flexibility index (Phi) is 6.34. The average Bonchev–Trinajstić information content (AvgIpc) is 2.77. The van der Waals surface area contributed by atoms with Crippen molar-refractivity contribution in [3.63, 3.8) is 0 Å². The number of carbonyl (C=O) groups is 1. The van der Waals surface area contributed by atoms with E-state index in [4.69, 9.17) is 4.74 Å². The largest absolute Gasteiger partial charge is 0.483 e. The van der Waals surface area contributed by atoms with Gasteiger partial charge in [0.1, 0.15) is 11.6 Å². The molecule has 170 valence electrons. The minimum Gasteiger partial charge on any atom is -0.483 e. The Morgan fingerprint density at radius 2 is 2.06 bits per heavy atom. The fourth-order valence-electron chi connectivity index (χ4n) is 3.87. The second-order valence-electron chi connectivity index (χ2n) is 7.53. The standard InChI is InChI=1S/C22H20F4N2O3S/c23-17-7-6-13(8-16(17)21(29)30)15-9-20-18(10-19(15)31-11-22(24,25)26)28(12-27-32-20)14-4-2-1-3-5-14/h1-2,6-10,14,27H,3-5,11-12H2,(H,29,30). The average molecular weight is 468 g/mol. The third-order valence-electron chi connectivity index (χ3n) is 5.37. The van der Waals surface area contributed by atoms with Crippen molar-refractivity contribution in [1.29, 1.82) is 0 Å². The zero-order valence-corrected chi connectivity index (χ0v) is 17.6. The third kappa shape index (κ3) is 4.86. The van der Waals surface area contributed by atoms with Crippen LogP contribution in [-0.2, 0) is 0 Å². The van der Waals surface area contributed by atoms with E-state index in [0.29, 0.717) is 6.67 Å². The van der Waals surface area contributed by atoms with Gasteiger partial charge >= 0.3 is 12.1 Å². The summed E-state index contributed by atoms with van der Waals surface area (Å²) in [6.07, 6.45) is 2.32. The molecule has 0 fully saturated rings. The first kappa shape index (κ1) is 22.5. The van der Waals surface area contributed by atoms with Gasteiger partial charge < -0.3 is 14.7 Å². The summed E-state index contributed by atoms with van der Waals surface area (Å²) >= 11 is 1.33. The van der Waals surface area contributed by atoms with Crippen molar-refractivity contribution in [2.24, 2.45) is 0 Å². The number of anilines is 1. The number of nitrogens with zero attached hydrogens (tertiary/aromatic N) is 1. The summed E-state index contributed by atoms with van der Waals surface area (Å²) < 4.78 is 61.0. The van der Waals surface area contributed by atoms with Gasteiger partial charge in [-0.3, -0.25) is 0 Å². The van der Waals surface area contributed by atoms with Gasteiger partial charge in [0.15, 0.2) is 6.61 Å². The van der Waals surface area contributed by atoms with Crippen LogP contribution < -0.4 is 14.4 Å². The van der Waals surface area contributed by atoms with Crippen molar-refractivity contribution >= 4 is 23.6 Å². The zero-order chi connectivity index (χ0) is 22.9. The minimum absolute atomic E-state index is 0.0390. The highest BCUT2D eigenvalue weighted by Gasteiger charge is 2.31. The van der Waals surface area contributed by atoms with E-state index in [0.717, 1.165) is 42.0 Å². The summed E-state index contributed by atoms with van der Waals surface area (Å²) in [5.74, 6) is -2.43. The molecule has 1 atom stereocenters. The van der Waals surface area contributed by atoms with Crippen LogP contribution in [0.15, 0.2) is 47.4 Å². The van der Waals surface area contributed by atoms with E-state index in [1.54, 1.807) is 12.1 Å². The lowest BCUT2D eigenvalue weighted by Crippen LogP contribution is -2.43. The summed E-state index contributed by atoms with van der Waals surface area (Å²) in [6, 6.07) is 6.82. The maximum absolute atomic E-state index is 13.9. The van der Waals surface area contributed by atoms with E-state index in [1.165, 1.54) is 18.0 Å². The van der Waals surface area contributed by atoms with Gasteiger partial charge in [-0.15, -0.1) is 0 Å². The van der Waals surface area contributed by atoms with Crippen LogP contribution in [-0.4, -0.2) is 36.6 Å². The highest BCUT2D eigenvalue weighted by atomic mass is 32.2. The number of carboxylic acids is 1. The molecule has 0 amide bonds. The van der Waals surface area contributed by atoms with Crippen LogP contribution in [0.4, 0.5) is 23.2 Å². The summed E-state index contributed by atoms with van der Waals surface area (Å²) in [5.41, 5.74) is 0.691. The number of carboxylic acid groups (broad SMARTS) is 1. The molecule has 32 heavy (non-hydrogen) atoms. The van der Waals surface area contributed by atoms with Crippen molar-refractivity contribution < 1.29 is 32.2 Å². The first-order valence-electron chi connectivity index (χ1n) is 9.95. The summed E-state index contributed by atoms with van der Waals surface area (Å²) in [7, 11) is 0. The first-order chi connectivity index (χ1) is 15.2. The molecule has 0 saturated carbocycles. The van der Waals surface area contributed by atoms with E-state index in [2.05, 4.69) is 21.8 Å². The lowest BCUT2D eigenvalue weighted by molar-refractivity contribution is -0.153. The van der Waals surface area contributed by atoms with Gasteiger partial charge in [0.2, 0.25) is 0 Å². The molecule has 2 N–H and O–H groups in total. The highest BCUT2D eigenvalue weighted by molar-refractivity contribution is 7.97. The smallest absolute Gasteiger partial charge is 0.422 e. The Morgan fingerprint density at radius 3 is 2.75 bits per heavy atom. The molecular formula is C22H20F4N2O3S. The molecule has 0 aromatic heterocycles. The Hall–Kier alpha value is -2.72. The molecule has 0 bridgehead atoms. The molecule has 1 aliphatic heterocycles. The van der Waals surface area contributed by atoms with E-state index >= 15 is 0 Å². The van der Waals surface area contributed by atoms with Crippen LogP contribution in [0.5, 0.6) is 5.75 Å². The fourth-order valence-corrected chi connectivity index (χ4v) is 4.68. The van der Waals surface area contributed by atoms with Crippen LogP contribution in [0, 0.1) is 5.82 Å². The molecule has 2 aromatic rings. The molecule has 2 aromatic carbocycles. The van der Waals surface area contributed by atoms with E-state index in [9.17, 15) is 27.5 Å². The zero-order valence-electron chi connectivity index (χ0n) is 16.8. The number of alkyl halides is 3. The number of aromatic carboxylic acids is 1. The number of fused-ring (bicyclic) bond motifs is 1. The monoisotopic (exact) mass is 468 g/mol. The molecule has 10 heteroatoms. The minimum atomic E-state index is -4.55. The van der Waals surface area contributed by atoms with E-state index < -0.39 is 30.1 Å². The van der Waals surface area contributed by atoms with Crippen molar-refractivity contribution in [3.8, 4) is 16.9 Å². The van der Waals surface area contributed by atoms with Gasteiger partial charge in [0.25, 0.3) is 0 Å². The van der Waals surface area contributed by atoms with Gasteiger partial charge in [0, 0.05) is 22.6 Å². The summed E-state index contributed by atoms with van der Waals surface area (Å²) in [5, 5.41) is 9.24. The lowest BCUT2D eigenvalue weighted by atomic mass is 9.98. The predicted octanol–water partition coefficient (Wildman–Crippen LogP) is 5.61. The van der Waals surface area contributed by atoms with Crippen LogP contribution in [0.25, 0.3) is 11.1 Å². The number of hydrogen-bond donors (Lipinski definition) is 2. The first-order valence-corrected chi connectivity index (χ1v) is 10.8. The molecule has 4 rings (SSSR count). The Balaban J connectivity index is 1.80. The summed E-state index contributed by atoms with van der Waals surface area (Å²) in [4.78, 5) is 14.2. The molecule has 5 nitrogen and oxygen atoms in total. The van der Waals surface area contributed by atoms with Gasteiger partial charge in [0.05, 0.1) is 17.9 Å². The molecule has 0 saturated heterocycles. The number of rotatable bonds is 5. The molecule has 0 radical (unpaired) electrons. The van der Waals surface area contributed by atoms with Gasteiger partial charge in [-0.05, 0) is 55.0 Å². The van der Waals surface area contributed by atoms with Gasteiger partial charge in [-0.2, -0.15) is 13.2 Å².